The quantitative estimate of drug-likeness (QED) is 0.501. The molecule has 9 heavy (non-hydrogen) atoms. The SMILES string of the molecule is C[CH]COCC(O)CO. The van der Waals surface area contributed by atoms with E-state index in [-0.39, 0.29) is 13.2 Å². The Balaban J connectivity index is 2.88. The summed E-state index contributed by atoms with van der Waals surface area (Å²) in [6.45, 7) is 2.37. The molecule has 1 atom stereocenters. The second-order valence-corrected chi connectivity index (χ2v) is 1.78. The number of aliphatic hydroxyl groups excluding tert-OH is 2. The highest BCUT2D eigenvalue weighted by Crippen LogP contribution is 1.84. The molecule has 55 valence electrons. The minimum absolute atomic E-state index is 0.209. The Kier molecular flexibility index (Phi) is 5.93. The van der Waals surface area contributed by atoms with Crippen LogP contribution in [0.1, 0.15) is 6.92 Å². The van der Waals surface area contributed by atoms with Crippen molar-refractivity contribution in [2.75, 3.05) is 19.8 Å². The Labute approximate surface area is 55.3 Å². The number of hydrogen-bond acceptors (Lipinski definition) is 3. The van der Waals surface area contributed by atoms with Crippen molar-refractivity contribution in [1.29, 1.82) is 0 Å². The Morgan fingerprint density at radius 3 is 2.78 bits per heavy atom. The third-order valence-electron chi connectivity index (χ3n) is 0.806. The van der Waals surface area contributed by atoms with Gasteiger partial charge in [-0.3, -0.25) is 0 Å². The predicted molar refractivity (Wildman–Crippen MR) is 33.9 cm³/mol. The van der Waals surface area contributed by atoms with Crippen molar-refractivity contribution in [3.05, 3.63) is 6.42 Å². The van der Waals surface area contributed by atoms with Gasteiger partial charge in [-0.25, -0.2) is 0 Å². The van der Waals surface area contributed by atoms with Crippen molar-refractivity contribution in [2.24, 2.45) is 0 Å². The molecule has 0 aliphatic carbocycles. The first-order chi connectivity index (χ1) is 4.31. The van der Waals surface area contributed by atoms with Crippen molar-refractivity contribution < 1.29 is 14.9 Å². The zero-order valence-corrected chi connectivity index (χ0v) is 5.58. The third kappa shape index (κ3) is 5.76. The first-order valence-electron chi connectivity index (χ1n) is 2.95. The van der Waals surface area contributed by atoms with E-state index in [1.807, 2.05) is 13.3 Å². The van der Waals surface area contributed by atoms with Crippen molar-refractivity contribution >= 4 is 0 Å². The van der Waals surface area contributed by atoms with Gasteiger partial charge in [0.25, 0.3) is 0 Å². The highest BCUT2D eigenvalue weighted by atomic mass is 16.5. The van der Waals surface area contributed by atoms with E-state index in [1.165, 1.54) is 0 Å². The molecule has 0 aromatic heterocycles. The molecular formula is C6H13O3. The van der Waals surface area contributed by atoms with Crippen LogP contribution in [0.25, 0.3) is 0 Å². The molecule has 1 radical (unpaired) electrons. The highest BCUT2D eigenvalue weighted by molar-refractivity contribution is 4.54. The topological polar surface area (TPSA) is 49.7 Å². The van der Waals surface area contributed by atoms with E-state index < -0.39 is 6.10 Å². The number of rotatable bonds is 5. The molecule has 0 bridgehead atoms. The molecule has 2 N–H and O–H groups in total. The maximum Gasteiger partial charge on any atom is 0.100 e. The summed E-state index contributed by atoms with van der Waals surface area (Å²) in [5.41, 5.74) is 0. The normalized spacial score (nSPS) is 13.7. The average molecular weight is 133 g/mol. The number of hydrogen-bond donors (Lipinski definition) is 2. The molecule has 3 nitrogen and oxygen atoms in total. The highest BCUT2D eigenvalue weighted by Gasteiger charge is 1.99. The van der Waals surface area contributed by atoms with Crippen LogP contribution in [-0.4, -0.2) is 36.1 Å². The van der Waals surface area contributed by atoms with E-state index in [0.29, 0.717) is 6.61 Å². The van der Waals surface area contributed by atoms with E-state index >= 15 is 0 Å². The fourth-order valence-corrected chi connectivity index (χ4v) is 0.375. The fourth-order valence-electron chi connectivity index (χ4n) is 0.375. The van der Waals surface area contributed by atoms with Crippen molar-refractivity contribution in [2.45, 2.75) is 13.0 Å². The van der Waals surface area contributed by atoms with E-state index in [1.54, 1.807) is 0 Å². The Hall–Kier alpha value is -0.120. The van der Waals surface area contributed by atoms with Crippen LogP contribution in [0.3, 0.4) is 0 Å². The Morgan fingerprint density at radius 2 is 2.33 bits per heavy atom. The maximum atomic E-state index is 8.70. The lowest BCUT2D eigenvalue weighted by atomic mass is 10.4. The minimum Gasteiger partial charge on any atom is -0.394 e. The molecule has 0 aliphatic rings. The summed E-state index contributed by atoms with van der Waals surface area (Å²) >= 11 is 0. The van der Waals surface area contributed by atoms with Crippen LogP contribution >= 0.6 is 0 Å². The molecule has 0 fully saturated rings. The van der Waals surface area contributed by atoms with Crippen molar-refractivity contribution in [1.82, 2.24) is 0 Å². The second kappa shape index (κ2) is 6.01. The van der Waals surface area contributed by atoms with E-state index in [4.69, 9.17) is 14.9 Å². The van der Waals surface area contributed by atoms with E-state index in [9.17, 15) is 0 Å². The van der Waals surface area contributed by atoms with Crippen molar-refractivity contribution in [3.8, 4) is 0 Å². The largest absolute Gasteiger partial charge is 0.394 e. The molecule has 0 aromatic carbocycles. The van der Waals surface area contributed by atoms with Crippen LogP contribution in [-0.2, 0) is 4.74 Å². The summed E-state index contributed by atoms with van der Waals surface area (Å²) < 4.78 is 4.87. The minimum atomic E-state index is -0.732. The fraction of sp³-hybridized carbons (Fsp3) is 0.833. The summed E-state index contributed by atoms with van der Waals surface area (Å²) in [4.78, 5) is 0. The molecule has 0 spiro atoms. The van der Waals surface area contributed by atoms with Gasteiger partial charge >= 0.3 is 0 Å². The van der Waals surface area contributed by atoms with Crippen LogP contribution in [0.15, 0.2) is 0 Å². The van der Waals surface area contributed by atoms with Gasteiger partial charge < -0.3 is 14.9 Å². The smallest absolute Gasteiger partial charge is 0.100 e. The first-order valence-corrected chi connectivity index (χ1v) is 2.95. The van der Waals surface area contributed by atoms with Gasteiger partial charge in [0.05, 0.1) is 13.2 Å². The molecular weight excluding hydrogens is 120 g/mol. The molecule has 0 saturated heterocycles. The molecule has 0 amide bonds. The summed E-state index contributed by atoms with van der Waals surface area (Å²) in [5, 5.41) is 17.0. The number of ether oxygens (including phenoxy) is 1. The van der Waals surface area contributed by atoms with Gasteiger partial charge in [0.2, 0.25) is 0 Å². The van der Waals surface area contributed by atoms with Gasteiger partial charge in [-0.2, -0.15) is 0 Å². The molecule has 0 aromatic rings. The van der Waals surface area contributed by atoms with Crippen LogP contribution < -0.4 is 0 Å². The Morgan fingerprint density at radius 1 is 1.67 bits per heavy atom. The van der Waals surface area contributed by atoms with E-state index in [0.717, 1.165) is 0 Å². The molecule has 1 unspecified atom stereocenters. The van der Waals surface area contributed by atoms with Gasteiger partial charge in [-0.15, -0.1) is 0 Å². The monoisotopic (exact) mass is 133 g/mol. The zero-order valence-electron chi connectivity index (χ0n) is 5.58. The summed E-state index contributed by atoms with van der Waals surface area (Å²) in [6, 6.07) is 0. The van der Waals surface area contributed by atoms with Gasteiger partial charge in [-0.1, -0.05) is 6.92 Å². The van der Waals surface area contributed by atoms with Crippen LogP contribution in [0.4, 0.5) is 0 Å². The number of aliphatic hydroxyl groups is 2. The van der Waals surface area contributed by atoms with Gasteiger partial charge in [0, 0.05) is 6.61 Å². The average Bonchev–Trinajstić information content (AvgIpc) is 1.89. The zero-order chi connectivity index (χ0) is 7.11. The molecule has 0 rings (SSSR count). The van der Waals surface area contributed by atoms with Crippen LogP contribution in [0.5, 0.6) is 0 Å². The first kappa shape index (κ1) is 8.88. The summed E-state index contributed by atoms with van der Waals surface area (Å²) in [6.07, 6.45) is 1.11. The molecule has 3 heteroatoms. The van der Waals surface area contributed by atoms with Gasteiger partial charge in [0.1, 0.15) is 6.10 Å². The summed E-state index contributed by atoms with van der Waals surface area (Å²) in [7, 11) is 0. The van der Waals surface area contributed by atoms with Crippen molar-refractivity contribution in [3.63, 3.8) is 0 Å². The summed E-state index contributed by atoms with van der Waals surface area (Å²) in [5.74, 6) is 0. The lowest BCUT2D eigenvalue weighted by molar-refractivity contribution is 0.0126. The van der Waals surface area contributed by atoms with Gasteiger partial charge in [-0.05, 0) is 6.42 Å². The second-order valence-electron chi connectivity index (χ2n) is 1.78. The maximum absolute atomic E-state index is 8.70. The molecule has 0 aliphatic heterocycles. The Bertz CT molecular complexity index is 56.3. The van der Waals surface area contributed by atoms with Crippen LogP contribution in [0, 0.1) is 6.42 Å². The van der Waals surface area contributed by atoms with E-state index in [2.05, 4.69) is 0 Å². The standard InChI is InChI=1S/C6H13O3/c1-2-3-9-5-6(8)4-7/h2,6-8H,3-5H2,1H3. The third-order valence-corrected chi connectivity index (χ3v) is 0.806. The molecule has 0 heterocycles. The lowest BCUT2D eigenvalue weighted by Gasteiger charge is -2.05. The lowest BCUT2D eigenvalue weighted by Crippen LogP contribution is -2.19. The molecule has 0 saturated carbocycles. The van der Waals surface area contributed by atoms with Crippen LogP contribution in [0.2, 0.25) is 0 Å². The predicted octanol–water partition coefficient (Wildman–Crippen LogP) is -0.420. The van der Waals surface area contributed by atoms with Gasteiger partial charge in [0.15, 0.2) is 0 Å².